The summed E-state index contributed by atoms with van der Waals surface area (Å²) in [7, 11) is 3.16. The fraction of sp³-hybridized carbons (Fsp3) is 0.214. The van der Waals surface area contributed by atoms with Crippen molar-refractivity contribution in [2.24, 2.45) is 0 Å². The van der Waals surface area contributed by atoms with E-state index in [0.29, 0.717) is 29.4 Å². The number of ether oxygens (including phenoxy) is 2. The van der Waals surface area contributed by atoms with Crippen LogP contribution in [-0.2, 0) is 6.54 Å². The molecule has 3 rings (SSSR count). The Hall–Kier alpha value is -2.12. The number of rotatable bonds is 5. The topological polar surface area (TPSA) is 69.2 Å². The van der Waals surface area contributed by atoms with Crippen molar-refractivity contribution in [3.05, 3.63) is 34.0 Å². The molecule has 0 unspecified atom stereocenters. The Kier molecular flexibility index (Phi) is 4.26. The molecule has 1 N–H and O–H groups in total. The van der Waals surface area contributed by atoms with Crippen LogP contribution in [0, 0.1) is 0 Å². The van der Waals surface area contributed by atoms with Crippen molar-refractivity contribution < 1.29 is 9.47 Å². The van der Waals surface area contributed by atoms with Crippen molar-refractivity contribution in [3.63, 3.8) is 0 Å². The summed E-state index contributed by atoms with van der Waals surface area (Å²) in [5, 5.41) is 7.10. The van der Waals surface area contributed by atoms with E-state index in [1.807, 2.05) is 11.4 Å². The van der Waals surface area contributed by atoms with Crippen LogP contribution in [0.2, 0.25) is 5.28 Å². The highest BCUT2D eigenvalue weighted by Gasteiger charge is 2.12. The molecular weight excluding hydrogens is 324 g/mol. The molecule has 22 heavy (non-hydrogen) atoms. The van der Waals surface area contributed by atoms with Crippen molar-refractivity contribution in [2.75, 3.05) is 19.5 Å². The van der Waals surface area contributed by atoms with Gasteiger partial charge < -0.3 is 14.8 Å². The Morgan fingerprint density at radius 3 is 2.64 bits per heavy atom. The van der Waals surface area contributed by atoms with Gasteiger partial charge in [-0.05, 0) is 17.7 Å². The SMILES string of the molecule is COc1cc2nc(Cl)nc(NCc3nccs3)c2cc1OC. The molecule has 0 atom stereocenters. The second kappa shape index (κ2) is 6.33. The lowest BCUT2D eigenvalue weighted by atomic mass is 10.2. The molecule has 0 amide bonds. The summed E-state index contributed by atoms with van der Waals surface area (Å²) < 4.78 is 10.6. The van der Waals surface area contributed by atoms with E-state index in [0.717, 1.165) is 10.4 Å². The standard InChI is InChI=1S/C14H13ClN4O2S/c1-20-10-5-8-9(6-11(10)21-2)18-14(15)19-13(8)17-7-12-16-3-4-22-12/h3-6H,7H2,1-2H3,(H,17,18,19). The summed E-state index contributed by atoms with van der Waals surface area (Å²) in [4.78, 5) is 12.7. The maximum Gasteiger partial charge on any atom is 0.224 e. The van der Waals surface area contributed by atoms with Crippen molar-refractivity contribution in [1.29, 1.82) is 0 Å². The zero-order valence-electron chi connectivity index (χ0n) is 12.0. The lowest BCUT2D eigenvalue weighted by Gasteiger charge is -2.12. The van der Waals surface area contributed by atoms with E-state index in [2.05, 4.69) is 20.3 Å². The van der Waals surface area contributed by atoms with Crippen molar-refractivity contribution in [3.8, 4) is 11.5 Å². The van der Waals surface area contributed by atoms with E-state index in [4.69, 9.17) is 21.1 Å². The van der Waals surface area contributed by atoms with Gasteiger partial charge in [-0.15, -0.1) is 11.3 Å². The minimum absolute atomic E-state index is 0.168. The molecule has 8 heteroatoms. The Morgan fingerprint density at radius 1 is 1.18 bits per heavy atom. The van der Waals surface area contributed by atoms with E-state index >= 15 is 0 Å². The quantitative estimate of drug-likeness (QED) is 0.720. The number of hydrogen-bond acceptors (Lipinski definition) is 7. The highest BCUT2D eigenvalue weighted by atomic mass is 35.5. The third kappa shape index (κ3) is 2.90. The smallest absolute Gasteiger partial charge is 0.224 e. The van der Waals surface area contributed by atoms with Gasteiger partial charge in [0.05, 0.1) is 26.3 Å². The van der Waals surface area contributed by atoms with Crippen molar-refractivity contribution in [1.82, 2.24) is 15.0 Å². The van der Waals surface area contributed by atoms with Crippen LogP contribution in [0.15, 0.2) is 23.7 Å². The number of aromatic nitrogens is 3. The zero-order valence-corrected chi connectivity index (χ0v) is 13.5. The molecule has 2 heterocycles. The van der Waals surface area contributed by atoms with Gasteiger partial charge in [-0.2, -0.15) is 0 Å². The number of anilines is 1. The van der Waals surface area contributed by atoms with E-state index in [9.17, 15) is 0 Å². The first-order chi connectivity index (χ1) is 10.7. The lowest BCUT2D eigenvalue weighted by Crippen LogP contribution is -2.03. The first kappa shape index (κ1) is 14.8. The van der Waals surface area contributed by atoms with Crippen LogP contribution in [-0.4, -0.2) is 29.2 Å². The molecule has 6 nitrogen and oxygen atoms in total. The molecule has 3 aromatic rings. The van der Waals surface area contributed by atoms with Gasteiger partial charge in [0, 0.05) is 23.0 Å². The fourth-order valence-electron chi connectivity index (χ4n) is 2.06. The third-order valence-electron chi connectivity index (χ3n) is 3.06. The summed E-state index contributed by atoms with van der Waals surface area (Å²) in [6.07, 6.45) is 1.76. The maximum atomic E-state index is 6.01. The molecule has 2 aromatic heterocycles. The number of thiazole rings is 1. The first-order valence-corrected chi connectivity index (χ1v) is 7.68. The average molecular weight is 337 g/mol. The number of methoxy groups -OCH3 is 2. The van der Waals surface area contributed by atoms with E-state index < -0.39 is 0 Å². The lowest BCUT2D eigenvalue weighted by molar-refractivity contribution is 0.356. The number of benzene rings is 1. The third-order valence-corrected chi connectivity index (χ3v) is 4.01. The number of nitrogens with zero attached hydrogens (tertiary/aromatic N) is 3. The predicted molar refractivity (Wildman–Crippen MR) is 87.1 cm³/mol. The number of fused-ring (bicyclic) bond motifs is 1. The van der Waals surface area contributed by atoms with Gasteiger partial charge in [-0.3, -0.25) is 0 Å². The normalized spacial score (nSPS) is 10.7. The van der Waals surface area contributed by atoms with Gasteiger partial charge in [0.25, 0.3) is 0 Å². The van der Waals surface area contributed by atoms with Crippen LogP contribution < -0.4 is 14.8 Å². The van der Waals surface area contributed by atoms with Crippen molar-refractivity contribution >= 4 is 39.7 Å². The maximum absolute atomic E-state index is 6.01. The number of halogens is 1. The molecule has 0 saturated heterocycles. The highest BCUT2D eigenvalue weighted by molar-refractivity contribution is 7.09. The van der Waals surface area contributed by atoms with Gasteiger partial charge in [-0.25, -0.2) is 15.0 Å². The monoisotopic (exact) mass is 336 g/mol. The number of nitrogens with one attached hydrogen (secondary N) is 1. The zero-order chi connectivity index (χ0) is 15.5. The summed E-state index contributed by atoms with van der Waals surface area (Å²) in [6.45, 7) is 0.564. The molecule has 114 valence electrons. The second-order valence-electron chi connectivity index (χ2n) is 4.34. The van der Waals surface area contributed by atoms with Crippen LogP contribution in [0.5, 0.6) is 11.5 Å². The molecule has 0 fully saturated rings. The van der Waals surface area contributed by atoms with Gasteiger partial charge in [-0.1, -0.05) is 0 Å². The van der Waals surface area contributed by atoms with Gasteiger partial charge >= 0.3 is 0 Å². The van der Waals surface area contributed by atoms with Gasteiger partial charge in [0.1, 0.15) is 10.8 Å². The fourth-order valence-corrected chi connectivity index (χ4v) is 2.79. The molecule has 0 bridgehead atoms. The number of hydrogen-bond donors (Lipinski definition) is 1. The summed E-state index contributed by atoms with van der Waals surface area (Å²) in [5.74, 6) is 1.83. The van der Waals surface area contributed by atoms with Gasteiger partial charge in [0.15, 0.2) is 11.5 Å². The van der Waals surface area contributed by atoms with Crippen molar-refractivity contribution in [2.45, 2.75) is 6.54 Å². The molecular formula is C14H13ClN4O2S. The minimum atomic E-state index is 0.168. The average Bonchev–Trinajstić information content (AvgIpc) is 3.04. The van der Waals surface area contributed by atoms with Crippen LogP contribution in [0.4, 0.5) is 5.82 Å². The first-order valence-electron chi connectivity index (χ1n) is 6.42. The van der Waals surface area contributed by atoms with Crippen LogP contribution in [0.1, 0.15) is 5.01 Å². The molecule has 0 aliphatic carbocycles. The Morgan fingerprint density at radius 2 is 1.95 bits per heavy atom. The molecule has 1 aromatic carbocycles. The van der Waals surface area contributed by atoms with Crippen LogP contribution in [0.25, 0.3) is 10.9 Å². The van der Waals surface area contributed by atoms with E-state index in [1.54, 1.807) is 37.8 Å². The molecule has 0 aliphatic rings. The van der Waals surface area contributed by atoms with Gasteiger partial charge in [0.2, 0.25) is 5.28 Å². The predicted octanol–water partition coefficient (Wildman–Crippen LogP) is 3.37. The Balaban J connectivity index is 2.04. The largest absolute Gasteiger partial charge is 0.493 e. The molecule has 0 saturated carbocycles. The van der Waals surface area contributed by atoms with E-state index in [-0.39, 0.29) is 5.28 Å². The summed E-state index contributed by atoms with van der Waals surface area (Å²) in [5.41, 5.74) is 0.680. The Bertz CT molecular complexity index is 795. The van der Waals surface area contributed by atoms with E-state index in [1.165, 1.54) is 0 Å². The molecule has 0 spiro atoms. The molecule has 0 aliphatic heterocycles. The van der Waals surface area contributed by atoms with Crippen LogP contribution in [0.3, 0.4) is 0 Å². The minimum Gasteiger partial charge on any atom is -0.493 e. The second-order valence-corrected chi connectivity index (χ2v) is 5.66. The highest BCUT2D eigenvalue weighted by Crippen LogP contribution is 2.34. The Labute approximate surface area is 136 Å². The summed E-state index contributed by atoms with van der Waals surface area (Å²) in [6, 6.07) is 3.60. The summed E-state index contributed by atoms with van der Waals surface area (Å²) >= 11 is 7.58. The van der Waals surface area contributed by atoms with Crippen LogP contribution >= 0.6 is 22.9 Å². The molecule has 0 radical (unpaired) electrons.